The van der Waals surface area contributed by atoms with Gasteiger partial charge in [-0.2, -0.15) is 0 Å². The molecule has 0 saturated carbocycles. The molecule has 0 spiro atoms. The van der Waals surface area contributed by atoms with Crippen molar-refractivity contribution in [3.8, 4) is 0 Å². The fourth-order valence-corrected chi connectivity index (χ4v) is 7.31. The average Bonchev–Trinajstić information content (AvgIpc) is 3.24. The lowest BCUT2D eigenvalue weighted by molar-refractivity contribution is 0.0684. The standard InChI is InChI=1S/C45H44N2O15/c1-3-22-5-30(19-51)37(14-34(22)43(57)58)46-40-13-31(20-52)38(15-36(40)45(61)62)47-39-12-29(18-50)24(11-35(39)44(59)60)7-26-9-28(17-49)23(10-33(26)42(55)56)6-25-8-27(16-48)21(2)4-32(25)41(53)54/h4-5,8-15,46-52H,3,6-7,16-20H2,1-2H3,(H,53,54)(H,55,56)(H,57,58)(H,59,60)(H,61,62). The molecule has 17 heteroatoms. The smallest absolute Gasteiger partial charge is 0.337 e. The zero-order chi connectivity index (χ0) is 45.6. The molecule has 324 valence electrons. The van der Waals surface area contributed by atoms with Gasteiger partial charge in [-0.1, -0.05) is 25.1 Å². The lowest BCUT2D eigenvalue weighted by Crippen LogP contribution is -2.12. The number of aromatic carboxylic acids is 5. The van der Waals surface area contributed by atoms with E-state index in [4.69, 9.17) is 0 Å². The van der Waals surface area contributed by atoms with Gasteiger partial charge in [0.2, 0.25) is 0 Å². The third-order valence-corrected chi connectivity index (χ3v) is 10.6. The highest BCUT2D eigenvalue weighted by atomic mass is 16.4. The van der Waals surface area contributed by atoms with E-state index >= 15 is 0 Å². The van der Waals surface area contributed by atoms with Crippen LogP contribution in [0.5, 0.6) is 0 Å². The highest BCUT2D eigenvalue weighted by molar-refractivity contribution is 6.00. The molecule has 0 bridgehead atoms. The monoisotopic (exact) mass is 852 g/mol. The van der Waals surface area contributed by atoms with Crippen LogP contribution in [-0.2, 0) is 52.3 Å². The molecule has 0 atom stereocenters. The highest BCUT2D eigenvalue weighted by Gasteiger charge is 2.24. The van der Waals surface area contributed by atoms with Crippen molar-refractivity contribution in [3.05, 3.63) is 150 Å². The molecule has 0 aliphatic heterocycles. The third kappa shape index (κ3) is 9.73. The van der Waals surface area contributed by atoms with E-state index in [1.54, 1.807) is 13.8 Å². The molecular formula is C45H44N2O15. The van der Waals surface area contributed by atoms with Gasteiger partial charge >= 0.3 is 29.8 Å². The molecule has 0 radical (unpaired) electrons. The van der Waals surface area contributed by atoms with E-state index < -0.39 is 56.3 Å². The number of benzene rings is 5. The number of hydrogen-bond acceptors (Lipinski definition) is 12. The molecule has 5 aromatic carbocycles. The van der Waals surface area contributed by atoms with Gasteiger partial charge in [0.15, 0.2) is 0 Å². The molecular weight excluding hydrogens is 808 g/mol. The Labute approximate surface area is 353 Å². The molecule has 0 aliphatic rings. The molecule has 12 N–H and O–H groups in total. The number of anilines is 4. The van der Waals surface area contributed by atoms with Crippen LogP contribution in [0.4, 0.5) is 22.7 Å². The van der Waals surface area contributed by atoms with E-state index in [1.807, 2.05) is 0 Å². The van der Waals surface area contributed by atoms with E-state index in [0.29, 0.717) is 23.1 Å². The van der Waals surface area contributed by atoms with E-state index in [2.05, 4.69) is 10.6 Å². The zero-order valence-corrected chi connectivity index (χ0v) is 33.4. The van der Waals surface area contributed by atoms with Crippen LogP contribution in [0.1, 0.15) is 120 Å². The molecule has 0 heterocycles. The number of carboxylic acid groups (broad SMARTS) is 5. The molecule has 0 unspecified atom stereocenters. The normalized spacial score (nSPS) is 11.0. The van der Waals surface area contributed by atoms with Crippen LogP contribution in [0, 0.1) is 6.92 Å². The van der Waals surface area contributed by atoms with E-state index in [0.717, 1.165) is 6.07 Å². The number of carbonyl (C=O) groups is 5. The predicted octanol–water partition coefficient (Wildman–Crippen LogP) is 5.18. The molecule has 0 aromatic heterocycles. The molecule has 0 aliphatic carbocycles. The van der Waals surface area contributed by atoms with Crippen molar-refractivity contribution in [2.24, 2.45) is 0 Å². The van der Waals surface area contributed by atoms with Crippen LogP contribution in [0.2, 0.25) is 0 Å². The summed E-state index contributed by atoms with van der Waals surface area (Å²) in [6.45, 7) is 0.519. The summed E-state index contributed by atoms with van der Waals surface area (Å²) in [6.07, 6.45) is -0.0343. The third-order valence-electron chi connectivity index (χ3n) is 10.6. The number of aliphatic hydroxyl groups excluding tert-OH is 5. The van der Waals surface area contributed by atoms with Crippen molar-refractivity contribution >= 4 is 52.6 Å². The quantitative estimate of drug-likeness (QED) is 0.0509. The van der Waals surface area contributed by atoms with Gasteiger partial charge in [0.1, 0.15) is 0 Å². The largest absolute Gasteiger partial charge is 0.478 e. The Morgan fingerprint density at radius 2 is 0.710 bits per heavy atom. The first kappa shape index (κ1) is 45.9. The minimum atomic E-state index is -1.47. The minimum absolute atomic E-state index is 0.0494. The second-order valence-corrected chi connectivity index (χ2v) is 14.4. The summed E-state index contributed by atoms with van der Waals surface area (Å²) >= 11 is 0. The lowest BCUT2D eigenvalue weighted by Gasteiger charge is -2.20. The number of carboxylic acids is 5. The summed E-state index contributed by atoms with van der Waals surface area (Å²) in [4.78, 5) is 62.0. The van der Waals surface area contributed by atoms with Gasteiger partial charge < -0.3 is 61.7 Å². The highest BCUT2D eigenvalue weighted by Crippen LogP contribution is 2.35. The zero-order valence-electron chi connectivity index (χ0n) is 33.4. The second-order valence-electron chi connectivity index (χ2n) is 14.4. The molecule has 5 aromatic rings. The number of rotatable bonds is 19. The Morgan fingerprint density at radius 3 is 1.16 bits per heavy atom. The van der Waals surface area contributed by atoms with Gasteiger partial charge in [-0.05, 0) is 119 Å². The van der Waals surface area contributed by atoms with Crippen molar-refractivity contribution < 1.29 is 75.0 Å². The molecule has 17 nitrogen and oxygen atoms in total. The molecule has 0 amide bonds. The second kappa shape index (κ2) is 19.5. The molecule has 62 heavy (non-hydrogen) atoms. The van der Waals surface area contributed by atoms with Crippen LogP contribution < -0.4 is 10.6 Å². The van der Waals surface area contributed by atoms with Crippen molar-refractivity contribution in [1.29, 1.82) is 0 Å². The number of aliphatic hydroxyl groups is 5. The number of nitrogens with one attached hydrogen (secondary N) is 2. The number of hydrogen-bond donors (Lipinski definition) is 12. The van der Waals surface area contributed by atoms with Crippen molar-refractivity contribution in [2.45, 2.75) is 66.1 Å². The molecule has 5 rings (SSSR count). The van der Waals surface area contributed by atoms with E-state index in [9.17, 15) is 75.0 Å². The Morgan fingerprint density at radius 1 is 0.371 bits per heavy atom. The first-order valence-electron chi connectivity index (χ1n) is 19.0. The van der Waals surface area contributed by atoms with Crippen molar-refractivity contribution in [1.82, 2.24) is 0 Å². The summed E-state index contributed by atoms with van der Waals surface area (Å²) < 4.78 is 0. The fourth-order valence-electron chi connectivity index (χ4n) is 7.31. The summed E-state index contributed by atoms with van der Waals surface area (Å²) in [5.74, 6) is -6.81. The lowest BCUT2D eigenvalue weighted by atomic mass is 9.88. The Hall–Kier alpha value is -7.15. The maximum Gasteiger partial charge on any atom is 0.337 e. The SMILES string of the molecule is CCc1cc(CO)c(Nc2cc(CO)c(Nc3cc(CO)c(Cc4cc(CO)c(Cc5cc(CO)c(C)cc5C(=O)O)cc4C(=O)O)cc3C(=O)O)cc2C(=O)O)cc1C(=O)O. The van der Waals surface area contributed by atoms with Crippen LogP contribution in [0.25, 0.3) is 0 Å². The van der Waals surface area contributed by atoms with Gasteiger partial charge in [0, 0.05) is 22.5 Å². The molecule has 0 saturated heterocycles. The van der Waals surface area contributed by atoms with Gasteiger partial charge in [-0.15, -0.1) is 0 Å². The molecule has 0 fully saturated rings. The summed E-state index contributed by atoms with van der Waals surface area (Å²) in [5.41, 5.74) is 1.62. The summed E-state index contributed by atoms with van der Waals surface area (Å²) in [6, 6.07) is 13.2. The first-order valence-corrected chi connectivity index (χ1v) is 19.0. The fraction of sp³-hybridized carbons (Fsp3) is 0.222. The van der Waals surface area contributed by atoms with Crippen LogP contribution >= 0.6 is 0 Å². The Kier molecular flexibility index (Phi) is 14.4. The van der Waals surface area contributed by atoms with Gasteiger partial charge in [0.05, 0.1) is 72.2 Å². The predicted molar refractivity (Wildman–Crippen MR) is 223 cm³/mol. The maximum atomic E-state index is 12.7. The van der Waals surface area contributed by atoms with Gasteiger partial charge in [-0.25, -0.2) is 24.0 Å². The average molecular weight is 853 g/mol. The Bertz CT molecular complexity index is 2620. The van der Waals surface area contributed by atoms with Crippen molar-refractivity contribution in [2.75, 3.05) is 10.6 Å². The topological polar surface area (TPSA) is 312 Å². The van der Waals surface area contributed by atoms with Crippen LogP contribution in [0.3, 0.4) is 0 Å². The van der Waals surface area contributed by atoms with Crippen LogP contribution in [0.15, 0.2) is 60.7 Å². The van der Waals surface area contributed by atoms with Gasteiger partial charge in [0.25, 0.3) is 0 Å². The van der Waals surface area contributed by atoms with E-state index in [-0.39, 0.29) is 115 Å². The van der Waals surface area contributed by atoms with Gasteiger partial charge in [-0.3, -0.25) is 0 Å². The first-order chi connectivity index (χ1) is 29.5. The maximum absolute atomic E-state index is 12.7. The minimum Gasteiger partial charge on any atom is -0.478 e. The van der Waals surface area contributed by atoms with Crippen molar-refractivity contribution in [3.63, 3.8) is 0 Å². The van der Waals surface area contributed by atoms with Crippen LogP contribution in [-0.4, -0.2) is 80.9 Å². The Balaban J connectivity index is 1.56. The van der Waals surface area contributed by atoms with E-state index in [1.165, 1.54) is 54.6 Å². The number of aryl methyl sites for hydroxylation is 2. The summed E-state index contributed by atoms with van der Waals surface area (Å²) in [5, 5.41) is 107. The summed E-state index contributed by atoms with van der Waals surface area (Å²) in [7, 11) is 0.